The highest BCUT2D eigenvalue weighted by atomic mass is 16.5. The van der Waals surface area contributed by atoms with Crippen molar-refractivity contribution in [2.75, 3.05) is 6.61 Å². The zero-order valence-corrected chi connectivity index (χ0v) is 10.5. The largest absolute Gasteiger partial charge is 0.462 e. The Morgan fingerprint density at radius 3 is 2.56 bits per heavy atom. The Morgan fingerprint density at radius 1 is 1.22 bits per heavy atom. The summed E-state index contributed by atoms with van der Waals surface area (Å²) < 4.78 is 5.21. The van der Waals surface area contributed by atoms with Gasteiger partial charge in [0, 0.05) is 0 Å². The average Bonchev–Trinajstić information content (AvgIpc) is 2.46. The lowest BCUT2D eigenvalue weighted by atomic mass is 9.89. The van der Waals surface area contributed by atoms with Crippen LogP contribution in [0.2, 0.25) is 0 Å². The van der Waals surface area contributed by atoms with Crippen LogP contribution >= 0.6 is 0 Å². The topological polar surface area (TPSA) is 46.5 Å². The number of hydrogen-bond donors (Lipinski definition) is 1. The number of ether oxygens (including phenoxy) is 1. The van der Waals surface area contributed by atoms with E-state index in [4.69, 9.17) is 4.74 Å². The van der Waals surface area contributed by atoms with Crippen LogP contribution in [0.25, 0.3) is 0 Å². The van der Waals surface area contributed by atoms with Gasteiger partial charge in [-0.1, -0.05) is 49.6 Å². The average molecular weight is 248 g/mol. The van der Waals surface area contributed by atoms with Gasteiger partial charge in [-0.25, -0.2) is 0 Å². The van der Waals surface area contributed by atoms with Crippen molar-refractivity contribution in [1.29, 1.82) is 0 Å². The number of esters is 1. The van der Waals surface area contributed by atoms with Crippen molar-refractivity contribution in [3.63, 3.8) is 0 Å². The Morgan fingerprint density at radius 2 is 1.89 bits per heavy atom. The van der Waals surface area contributed by atoms with Crippen molar-refractivity contribution < 1.29 is 14.6 Å². The van der Waals surface area contributed by atoms with E-state index in [9.17, 15) is 9.90 Å². The molecular formula is C15H20O3. The van der Waals surface area contributed by atoms with Crippen LogP contribution in [0.15, 0.2) is 30.3 Å². The van der Waals surface area contributed by atoms with Gasteiger partial charge < -0.3 is 9.84 Å². The molecule has 3 nitrogen and oxygen atoms in total. The van der Waals surface area contributed by atoms with Crippen LogP contribution in [0.4, 0.5) is 0 Å². The van der Waals surface area contributed by atoms with Crippen molar-refractivity contribution in [3.8, 4) is 0 Å². The van der Waals surface area contributed by atoms with Crippen LogP contribution in [0, 0.1) is 5.92 Å². The summed E-state index contributed by atoms with van der Waals surface area (Å²) in [6.07, 6.45) is 4.58. The standard InChI is InChI=1S/C15H20O3/c16-14(12-7-3-1-4-8-12)11-18-15(17)13-9-5-2-6-10-13/h1,3-4,7-8,13-14,16H,2,5-6,9-11H2. The quantitative estimate of drug-likeness (QED) is 0.833. The molecule has 0 spiro atoms. The maximum atomic E-state index is 11.8. The van der Waals surface area contributed by atoms with Gasteiger partial charge in [0.25, 0.3) is 0 Å². The van der Waals surface area contributed by atoms with E-state index in [1.807, 2.05) is 30.3 Å². The molecule has 1 aliphatic rings. The van der Waals surface area contributed by atoms with Gasteiger partial charge in [-0.15, -0.1) is 0 Å². The maximum absolute atomic E-state index is 11.8. The molecule has 0 aromatic heterocycles. The zero-order valence-electron chi connectivity index (χ0n) is 10.5. The van der Waals surface area contributed by atoms with Crippen molar-refractivity contribution in [3.05, 3.63) is 35.9 Å². The molecule has 1 atom stereocenters. The van der Waals surface area contributed by atoms with Crippen LogP contribution in [-0.4, -0.2) is 17.7 Å². The van der Waals surface area contributed by atoms with Gasteiger partial charge in [-0.05, 0) is 18.4 Å². The minimum atomic E-state index is -0.723. The van der Waals surface area contributed by atoms with E-state index in [2.05, 4.69) is 0 Å². The SMILES string of the molecule is O=C(OCC(O)c1ccccc1)C1CCCCC1. The number of benzene rings is 1. The molecule has 0 heterocycles. The third kappa shape index (κ3) is 3.57. The zero-order chi connectivity index (χ0) is 12.8. The summed E-state index contributed by atoms with van der Waals surface area (Å²) >= 11 is 0. The fraction of sp³-hybridized carbons (Fsp3) is 0.533. The first-order valence-electron chi connectivity index (χ1n) is 6.67. The molecule has 1 aromatic carbocycles. The minimum Gasteiger partial charge on any atom is -0.462 e. The molecule has 0 amide bonds. The van der Waals surface area contributed by atoms with Gasteiger partial charge >= 0.3 is 5.97 Å². The Balaban J connectivity index is 1.78. The second-order valence-electron chi connectivity index (χ2n) is 4.89. The summed E-state index contributed by atoms with van der Waals surface area (Å²) in [5.74, 6) is -0.105. The molecule has 0 aliphatic heterocycles. The van der Waals surface area contributed by atoms with Gasteiger partial charge in [-0.3, -0.25) is 4.79 Å². The predicted octanol–water partition coefficient (Wildman–Crippen LogP) is 2.84. The molecule has 1 saturated carbocycles. The lowest BCUT2D eigenvalue weighted by Crippen LogP contribution is -2.22. The Labute approximate surface area is 108 Å². The summed E-state index contributed by atoms with van der Waals surface area (Å²) in [5.41, 5.74) is 0.786. The molecule has 18 heavy (non-hydrogen) atoms. The van der Waals surface area contributed by atoms with E-state index in [0.29, 0.717) is 0 Å². The van der Waals surface area contributed by atoms with Gasteiger partial charge in [0.1, 0.15) is 12.7 Å². The molecule has 1 fully saturated rings. The summed E-state index contributed by atoms with van der Waals surface area (Å²) in [5, 5.41) is 9.89. The number of aliphatic hydroxyl groups excluding tert-OH is 1. The Bertz CT molecular complexity index is 369. The predicted molar refractivity (Wildman–Crippen MR) is 68.9 cm³/mol. The van der Waals surface area contributed by atoms with Crippen LogP contribution in [0.3, 0.4) is 0 Å². The normalized spacial score (nSPS) is 18.3. The summed E-state index contributed by atoms with van der Waals surface area (Å²) in [6.45, 7) is 0.0549. The Kier molecular flexibility index (Phi) is 4.76. The van der Waals surface area contributed by atoms with Crippen molar-refractivity contribution in [2.24, 2.45) is 5.92 Å². The molecule has 2 rings (SSSR count). The molecule has 1 aliphatic carbocycles. The molecular weight excluding hydrogens is 228 g/mol. The van der Waals surface area contributed by atoms with E-state index in [1.54, 1.807) is 0 Å². The number of aliphatic hydroxyl groups is 1. The number of rotatable bonds is 4. The number of carbonyl (C=O) groups excluding carboxylic acids is 1. The van der Waals surface area contributed by atoms with Gasteiger partial charge in [0.2, 0.25) is 0 Å². The monoisotopic (exact) mass is 248 g/mol. The third-order valence-electron chi connectivity index (χ3n) is 3.51. The highest BCUT2D eigenvalue weighted by molar-refractivity contribution is 5.72. The maximum Gasteiger partial charge on any atom is 0.309 e. The summed E-state index contributed by atoms with van der Waals surface area (Å²) in [6, 6.07) is 9.28. The first-order valence-corrected chi connectivity index (χ1v) is 6.67. The van der Waals surface area contributed by atoms with Gasteiger partial charge in [-0.2, -0.15) is 0 Å². The van der Waals surface area contributed by atoms with Gasteiger partial charge in [0.05, 0.1) is 5.92 Å². The number of hydrogen-bond acceptors (Lipinski definition) is 3. The van der Waals surface area contributed by atoms with E-state index in [-0.39, 0.29) is 18.5 Å². The van der Waals surface area contributed by atoms with Crippen LogP contribution in [0.5, 0.6) is 0 Å². The third-order valence-corrected chi connectivity index (χ3v) is 3.51. The minimum absolute atomic E-state index is 0.0433. The van der Waals surface area contributed by atoms with E-state index in [0.717, 1.165) is 31.2 Å². The first kappa shape index (κ1) is 13.1. The van der Waals surface area contributed by atoms with Crippen LogP contribution < -0.4 is 0 Å². The summed E-state index contributed by atoms with van der Waals surface area (Å²) in [7, 11) is 0. The molecule has 3 heteroatoms. The number of carbonyl (C=O) groups is 1. The molecule has 1 N–H and O–H groups in total. The van der Waals surface area contributed by atoms with Gasteiger partial charge in [0.15, 0.2) is 0 Å². The summed E-state index contributed by atoms with van der Waals surface area (Å²) in [4.78, 5) is 11.8. The smallest absolute Gasteiger partial charge is 0.309 e. The lowest BCUT2D eigenvalue weighted by molar-refractivity contribution is -0.152. The molecule has 0 saturated heterocycles. The molecule has 1 aromatic rings. The molecule has 98 valence electrons. The Hall–Kier alpha value is -1.35. The van der Waals surface area contributed by atoms with Crippen LogP contribution in [-0.2, 0) is 9.53 Å². The molecule has 0 radical (unpaired) electrons. The van der Waals surface area contributed by atoms with Crippen molar-refractivity contribution in [2.45, 2.75) is 38.2 Å². The van der Waals surface area contributed by atoms with E-state index in [1.165, 1.54) is 6.42 Å². The second-order valence-corrected chi connectivity index (χ2v) is 4.89. The fourth-order valence-corrected chi connectivity index (χ4v) is 2.39. The molecule has 1 unspecified atom stereocenters. The van der Waals surface area contributed by atoms with Crippen molar-refractivity contribution >= 4 is 5.97 Å². The highest BCUT2D eigenvalue weighted by Crippen LogP contribution is 2.25. The van der Waals surface area contributed by atoms with Crippen LogP contribution in [0.1, 0.15) is 43.8 Å². The molecule has 0 bridgehead atoms. The first-order chi connectivity index (χ1) is 8.77. The highest BCUT2D eigenvalue weighted by Gasteiger charge is 2.23. The second kappa shape index (κ2) is 6.55. The lowest BCUT2D eigenvalue weighted by Gasteiger charge is -2.20. The van der Waals surface area contributed by atoms with E-state index >= 15 is 0 Å². The fourth-order valence-electron chi connectivity index (χ4n) is 2.39. The van der Waals surface area contributed by atoms with E-state index < -0.39 is 6.10 Å². The van der Waals surface area contributed by atoms with Crippen molar-refractivity contribution in [1.82, 2.24) is 0 Å².